The number of nitrogens with two attached hydrogens (primary N) is 1. The summed E-state index contributed by atoms with van der Waals surface area (Å²) in [5.41, 5.74) is 7.59. The molecule has 104 valence electrons. The molecule has 3 N–H and O–H groups in total. The molecule has 0 radical (unpaired) electrons. The molecule has 0 fully saturated rings. The van der Waals surface area contributed by atoms with Crippen molar-refractivity contribution in [2.75, 3.05) is 30.0 Å². The number of carbonyl (C=O) groups excluding carboxylic acids is 1. The van der Waals surface area contributed by atoms with Crippen molar-refractivity contribution in [3.8, 4) is 0 Å². The van der Waals surface area contributed by atoms with Crippen LogP contribution in [0, 0.1) is 5.95 Å². The largest absolute Gasteiger partial charge is 0.397 e. The van der Waals surface area contributed by atoms with Crippen LogP contribution in [0.3, 0.4) is 0 Å². The van der Waals surface area contributed by atoms with Gasteiger partial charge in [0.05, 0.1) is 11.4 Å². The zero-order chi connectivity index (χ0) is 14.7. The van der Waals surface area contributed by atoms with Gasteiger partial charge in [0, 0.05) is 19.7 Å². The van der Waals surface area contributed by atoms with E-state index in [0.717, 1.165) is 5.69 Å². The number of pyridine rings is 1. The van der Waals surface area contributed by atoms with E-state index in [-0.39, 0.29) is 11.7 Å². The van der Waals surface area contributed by atoms with Crippen molar-refractivity contribution in [2.24, 2.45) is 0 Å². The van der Waals surface area contributed by atoms with Crippen LogP contribution in [0.1, 0.15) is 10.4 Å². The Morgan fingerprint density at radius 3 is 2.65 bits per heavy atom. The van der Waals surface area contributed by atoms with Crippen molar-refractivity contribution in [2.45, 2.75) is 0 Å². The number of nitrogens with zero attached hydrogens (tertiary/aromatic N) is 2. The van der Waals surface area contributed by atoms with Crippen LogP contribution in [0.25, 0.3) is 0 Å². The summed E-state index contributed by atoms with van der Waals surface area (Å²) < 4.78 is 12.9. The first-order chi connectivity index (χ1) is 9.47. The first kappa shape index (κ1) is 13.8. The standard InChI is InChI=1S/C14H15FN4O/c1-19(2)11-7-6-9(8-10(11)16)14(20)18-13-5-3-4-12(15)17-13/h3-8H,16H2,1-2H3,(H,17,18,20). The van der Waals surface area contributed by atoms with E-state index < -0.39 is 5.95 Å². The van der Waals surface area contributed by atoms with Crippen molar-refractivity contribution < 1.29 is 9.18 Å². The van der Waals surface area contributed by atoms with E-state index in [4.69, 9.17) is 5.73 Å². The molecular formula is C14H15FN4O. The lowest BCUT2D eigenvalue weighted by Crippen LogP contribution is -2.15. The number of halogens is 1. The molecule has 1 aromatic carbocycles. The average Bonchev–Trinajstić information content (AvgIpc) is 2.38. The van der Waals surface area contributed by atoms with Crippen molar-refractivity contribution in [1.82, 2.24) is 4.98 Å². The minimum absolute atomic E-state index is 0.158. The van der Waals surface area contributed by atoms with Crippen LogP contribution in [0.4, 0.5) is 21.6 Å². The summed E-state index contributed by atoms with van der Waals surface area (Å²) in [5.74, 6) is -0.879. The van der Waals surface area contributed by atoms with E-state index in [1.165, 1.54) is 18.2 Å². The van der Waals surface area contributed by atoms with Crippen LogP contribution >= 0.6 is 0 Å². The van der Waals surface area contributed by atoms with Gasteiger partial charge < -0.3 is 16.0 Å². The minimum Gasteiger partial charge on any atom is -0.397 e. The molecule has 0 aliphatic carbocycles. The van der Waals surface area contributed by atoms with Crippen LogP contribution in [0.2, 0.25) is 0 Å². The topological polar surface area (TPSA) is 71.2 Å². The SMILES string of the molecule is CN(C)c1ccc(C(=O)Nc2cccc(F)n2)cc1N. The minimum atomic E-state index is -0.648. The van der Waals surface area contributed by atoms with Gasteiger partial charge in [-0.1, -0.05) is 6.07 Å². The second kappa shape index (κ2) is 5.56. The van der Waals surface area contributed by atoms with Gasteiger partial charge in [0.1, 0.15) is 5.82 Å². The van der Waals surface area contributed by atoms with E-state index in [2.05, 4.69) is 10.3 Å². The van der Waals surface area contributed by atoms with E-state index in [1.54, 1.807) is 18.2 Å². The number of carbonyl (C=O) groups is 1. The van der Waals surface area contributed by atoms with Crippen molar-refractivity contribution in [3.63, 3.8) is 0 Å². The molecule has 0 spiro atoms. The predicted molar refractivity (Wildman–Crippen MR) is 77.3 cm³/mol. The summed E-state index contributed by atoms with van der Waals surface area (Å²) in [6.07, 6.45) is 0. The molecule has 1 amide bonds. The Labute approximate surface area is 116 Å². The van der Waals surface area contributed by atoms with Crippen LogP contribution in [0.15, 0.2) is 36.4 Å². The van der Waals surface area contributed by atoms with Crippen molar-refractivity contribution in [1.29, 1.82) is 0 Å². The molecule has 20 heavy (non-hydrogen) atoms. The summed E-state index contributed by atoms with van der Waals surface area (Å²) >= 11 is 0. The Morgan fingerprint density at radius 1 is 1.30 bits per heavy atom. The molecule has 0 aliphatic heterocycles. The lowest BCUT2D eigenvalue weighted by molar-refractivity contribution is 0.102. The zero-order valence-corrected chi connectivity index (χ0v) is 11.2. The Hall–Kier alpha value is -2.63. The number of hydrogen-bond acceptors (Lipinski definition) is 4. The first-order valence-electron chi connectivity index (χ1n) is 5.98. The van der Waals surface area contributed by atoms with Gasteiger partial charge in [-0.05, 0) is 30.3 Å². The molecular weight excluding hydrogens is 259 g/mol. The lowest BCUT2D eigenvalue weighted by Gasteiger charge is -2.15. The smallest absolute Gasteiger partial charge is 0.256 e. The number of anilines is 3. The van der Waals surface area contributed by atoms with Gasteiger partial charge in [0.15, 0.2) is 0 Å². The molecule has 0 unspecified atom stereocenters. The summed E-state index contributed by atoms with van der Waals surface area (Å²) in [4.78, 5) is 17.4. The fourth-order valence-corrected chi connectivity index (χ4v) is 1.77. The molecule has 6 heteroatoms. The second-order valence-corrected chi connectivity index (χ2v) is 4.47. The quantitative estimate of drug-likeness (QED) is 0.664. The molecule has 0 aliphatic rings. The Kier molecular flexibility index (Phi) is 3.84. The molecule has 1 aromatic heterocycles. The number of nitrogens with one attached hydrogen (secondary N) is 1. The summed E-state index contributed by atoms with van der Waals surface area (Å²) in [6, 6.07) is 9.17. The maximum Gasteiger partial charge on any atom is 0.256 e. The number of aromatic nitrogens is 1. The fraction of sp³-hybridized carbons (Fsp3) is 0.143. The highest BCUT2D eigenvalue weighted by Crippen LogP contribution is 2.22. The second-order valence-electron chi connectivity index (χ2n) is 4.47. The van der Waals surface area contributed by atoms with E-state index in [0.29, 0.717) is 11.3 Å². The number of rotatable bonds is 3. The van der Waals surface area contributed by atoms with Gasteiger partial charge >= 0.3 is 0 Å². The van der Waals surface area contributed by atoms with E-state index >= 15 is 0 Å². The molecule has 0 saturated heterocycles. The maximum absolute atomic E-state index is 12.9. The lowest BCUT2D eigenvalue weighted by atomic mass is 10.1. The van der Waals surface area contributed by atoms with Crippen LogP contribution < -0.4 is 16.0 Å². The van der Waals surface area contributed by atoms with Crippen molar-refractivity contribution in [3.05, 3.63) is 47.9 Å². The zero-order valence-electron chi connectivity index (χ0n) is 11.2. The molecule has 2 rings (SSSR count). The number of nitrogen functional groups attached to an aromatic ring is 1. The molecule has 5 nitrogen and oxygen atoms in total. The molecule has 0 saturated carbocycles. The highest BCUT2D eigenvalue weighted by Gasteiger charge is 2.10. The first-order valence-corrected chi connectivity index (χ1v) is 5.98. The maximum atomic E-state index is 12.9. The summed E-state index contributed by atoms with van der Waals surface area (Å²) in [5, 5.41) is 2.52. The number of amides is 1. The van der Waals surface area contributed by atoms with Gasteiger partial charge in [-0.25, -0.2) is 4.98 Å². The average molecular weight is 274 g/mol. The molecule has 2 aromatic rings. The number of benzene rings is 1. The van der Waals surface area contributed by atoms with Gasteiger partial charge in [0.25, 0.3) is 5.91 Å². The summed E-state index contributed by atoms with van der Waals surface area (Å²) in [7, 11) is 3.73. The third kappa shape index (κ3) is 3.03. The van der Waals surface area contributed by atoms with Crippen LogP contribution in [0.5, 0.6) is 0 Å². The van der Waals surface area contributed by atoms with Crippen LogP contribution in [-0.4, -0.2) is 25.0 Å². The molecule has 0 bridgehead atoms. The van der Waals surface area contributed by atoms with Gasteiger partial charge in [-0.3, -0.25) is 4.79 Å². The van der Waals surface area contributed by atoms with E-state index in [9.17, 15) is 9.18 Å². The molecule has 0 atom stereocenters. The van der Waals surface area contributed by atoms with Crippen LogP contribution in [-0.2, 0) is 0 Å². The Bertz CT molecular complexity index is 643. The normalized spacial score (nSPS) is 10.2. The fourth-order valence-electron chi connectivity index (χ4n) is 1.77. The number of hydrogen-bond donors (Lipinski definition) is 2. The Balaban J connectivity index is 2.19. The van der Waals surface area contributed by atoms with Gasteiger partial charge in [-0.15, -0.1) is 0 Å². The highest BCUT2D eigenvalue weighted by atomic mass is 19.1. The molecule has 1 heterocycles. The monoisotopic (exact) mass is 274 g/mol. The Morgan fingerprint density at radius 2 is 2.05 bits per heavy atom. The third-order valence-electron chi connectivity index (χ3n) is 2.73. The van der Waals surface area contributed by atoms with Gasteiger partial charge in [-0.2, -0.15) is 4.39 Å². The predicted octanol–water partition coefficient (Wildman–Crippen LogP) is 2.12. The third-order valence-corrected chi connectivity index (χ3v) is 2.73. The summed E-state index contributed by atoms with van der Waals surface area (Å²) in [6.45, 7) is 0. The van der Waals surface area contributed by atoms with Gasteiger partial charge in [0.2, 0.25) is 5.95 Å². The van der Waals surface area contributed by atoms with Crippen molar-refractivity contribution >= 4 is 23.1 Å². The highest BCUT2D eigenvalue weighted by molar-refractivity contribution is 6.04. The van der Waals surface area contributed by atoms with E-state index in [1.807, 2.05) is 19.0 Å².